The van der Waals surface area contributed by atoms with E-state index in [0.717, 1.165) is 44.0 Å². The van der Waals surface area contributed by atoms with Crippen LogP contribution in [0.4, 0.5) is 5.69 Å². The first-order valence-corrected chi connectivity index (χ1v) is 8.99. The number of nitrogens with one attached hydrogen (secondary N) is 1. The Kier molecular flexibility index (Phi) is 6.51. The van der Waals surface area contributed by atoms with Gasteiger partial charge >= 0.3 is 0 Å². The van der Waals surface area contributed by atoms with Crippen LogP contribution in [0.2, 0.25) is 0 Å². The monoisotopic (exact) mass is 369 g/mol. The van der Waals surface area contributed by atoms with E-state index in [1.54, 1.807) is 12.1 Å². The van der Waals surface area contributed by atoms with Crippen molar-refractivity contribution in [2.75, 3.05) is 26.3 Å². The van der Waals surface area contributed by atoms with E-state index in [-0.39, 0.29) is 18.0 Å². The number of non-ortho nitro benzene ring substituents is 1. The molecule has 3 rings (SSSR count). The fourth-order valence-electron chi connectivity index (χ4n) is 3.06. The maximum atomic E-state index is 12.2. The van der Waals surface area contributed by atoms with Gasteiger partial charge in [-0.3, -0.25) is 19.8 Å². The van der Waals surface area contributed by atoms with Gasteiger partial charge in [0.05, 0.1) is 24.6 Å². The van der Waals surface area contributed by atoms with Gasteiger partial charge in [0.1, 0.15) is 0 Å². The zero-order valence-corrected chi connectivity index (χ0v) is 15.1. The summed E-state index contributed by atoms with van der Waals surface area (Å²) in [4.78, 5) is 24.8. The minimum absolute atomic E-state index is 0.0243. The van der Waals surface area contributed by atoms with Crippen LogP contribution >= 0.6 is 0 Å². The number of nitro benzene ring substituents is 1. The molecule has 1 saturated heterocycles. The summed E-state index contributed by atoms with van der Waals surface area (Å²) in [5.41, 5.74) is 3.08. The summed E-state index contributed by atoms with van der Waals surface area (Å²) in [7, 11) is 0. The minimum atomic E-state index is -0.449. The molecule has 1 N–H and O–H groups in total. The van der Waals surface area contributed by atoms with E-state index in [0.29, 0.717) is 6.54 Å². The third-order valence-electron chi connectivity index (χ3n) is 4.60. The molecule has 1 aliphatic heterocycles. The fraction of sp³-hybridized carbons (Fsp3) is 0.350. The number of carbonyl (C=O) groups is 1. The van der Waals surface area contributed by atoms with Gasteiger partial charge in [-0.1, -0.05) is 36.4 Å². The smallest absolute Gasteiger partial charge is 0.269 e. The maximum absolute atomic E-state index is 12.2. The first-order valence-electron chi connectivity index (χ1n) is 8.99. The molecule has 7 heteroatoms. The molecule has 0 atom stereocenters. The predicted octanol–water partition coefficient (Wildman–Crippen LogP) is 2.29. The molecule has 2 aromatic carbocycles. The number of carbonyl (C=O) groups excluding carboxylic acids is 1. The number of amides is 1. The molecule has 0 aliphatic carbocycles. The lowest BCUT2D eigenvalue weighted by molar-refractivity contribution is -0.384. The summed E-state index contributed by atoms with van der Waals surface area (Å²) >= 11 is 0. The van der Waals surface area contributed by atoms with Crippen LogP contribution in [-0.2, 0) is 29.0 Å². The second-order valence-corrected chi connectivity index (χ2v) is 6.53. The summed E-state index contributed by atoms with van der Waals surface area (Å²) < 4.78 is 5.39. The molecule has 1 aliphatic rings. The molecule has 0 saturated carbocycles. The standard InChI is InChI=1S/C20H23N3O4/c24-20(13-16-5-7-19(8-6-16)23(25)26)21-14-17-3-1-2-4-18(17)15-22-9-11-27-12-10-22/h1-8H,9-15H2,(H,21,24). The van der Waals surface area contributed by atoms with Crippen LogP contribution in [0.5, 0.6) is 0 Å². The van der Waals surface area contributed by atoms with Crippen molar-refractivity contribution in [1.82, 2.24) is 10.2 Å². The van der Waals surface area contributed by atoms with Crippen LogP contribution in [0.1, 0.15) is 16.7 Å². The molecule has 27 heavy (non-hydrogen) atoms. The second-order valence-electron chi connectivity index (χ2n) is 6.53. The van der Waals surface area contributed by atoms with Crippen LogP contribution in [0.15, 0.2) is 48.5 Å². The zero-order chi connectivity index (χ0) is 19.1. The third-order valence-corrected chi connectivity index (χ3v) is 4.60. The number of rotatable bonds is 7. The predicted molar refractivity (Wildman–Crippen MR) is 101 cm³/mol. The van der Waals surface area contributed by atoms with Crippen molar-refractivity contribution in [3.8, 4) is 0 Å². The van der Waals surface area contributed by atoms with Crippen LogP contribution in [0.3, 0.4) is 0 Å². The van der Waals surface area contributed by atoms with Gasteiger partial charge in [-0.05, 0) is 16.7 Å². The Morgan fingerprint density at radius 2 is 1.74 bits per heavy atom. The van der Waals surface area contributed by atoms with E-state index in [9.17, 15) is 14.9 Å². The Labute approximate surface area is 158 Å². The Bertz CT molecular complexity index is 786. The van der Waals surface area contributed by atoms with Crippen molar-refractivity contribution in [3.05, 3.63) is 75.3 Å². The third kappa shape index (κ3) is 5.60. The van der Waals surface area contributed by atoms with Crippen LogP contribution in [-0.4, -0.2) is 42.0 Å². The number of nitrogens with zero attached hydrogens (tertiary/aromatic N) is 2. The largest absolute Gasteiger partial charge is 0.379 e. The van der Waals surface area contributed by atoms with Crippen LogP contribution in [0.25, 0.3) is 0 Å². The Morgan fingerprint density at radius 1 is 1.07 bits per heavy atom. The first kappa shape index (κ1) is 19.0. The SMILES string of the molecule is O=C(Cc1ccc([N+](=O)[O-])cc1)NCc1ccccc1CN1CCOCC1. The molecule has 2 aromatic rings. The second kappa shape index (κ2) is 9.25. The lowest BCUT2D eigenvalue weighted by Crippen LogP contribution is -2.36. The molecule has 1 heterocycles. The Hall–Kier alpha value is -2.77. The number of nitro groups is 1. The topological polar surface area (TPSA) is 84.7 Å². The molecular formula is C20H23N3O4. The van der Waals surface area contributed by atoms with Gasteiger partial charge in [0.2, 0.25) is 5.91 Å². The lowest BCUT2D eigenvalue weighted by Gasteiger charge is -2.27. The summed E-state index contributed by atoms with van der Waals surface area (Å²) in [6.45, 7) is 4.66. The van der Waals surface area contributed by atoms with Gasteiger partial charge in [0, 0.05) is 38.3 Å². The van der Waals surface area contributed by atoms with Crippen molar-refractivity contribution in [1.29, 1.82) is 0 Å². The number of morpholine rings is 1. The van der Waals surface area contributed by atoms with Gasteiger partial charge in [-0.15, -0.1) is 0 Å². The first-order chi connectivity index (χ1) is 13.1. The van der Waals surface area contributed by atoms with Crippen molar-refractivity contribution in [2.45, 2.75) is 19.5 Å². The van der Waals surface area contributed by atoms with Crippen LogP contribution in [0, 0.1) is 10.1 Å². The highest BCUT2D eigenvalue weighted by Crippen LogP contribution is 2.14. The van der Waals surface area contributed by atoms with Crippen molar-refractivity contribution in [2.24, 2.45) is 0 Å². The number of hydrogen-bond donors (Lipinski definition) is 1. The van der Waals surface area contributed by atoms with Crippen molar-refractivity contribution in [3.63, 3.8) is 0 Å². The van der Waals surface area contributed by atoms with Gasteiger partial charge in [-0.2, -0.15) is 0 Å². The molecule has 0 bridgehead atoms. The van der Waals surface area contributed by atoms with E-state index >= 15 is 0 Å². The zero-order valence-electron chi connectivity index (χ0n) is 15.1. The highest BCUT2D eigenvalue weighted by molar-refractivity contribution is 5.78. The highest BCUT2D eigenvalue weighted by atomic mass is 16.6. The van der Waals surface area contributed by atoms with Gasteiger partial charge < -0.3 is 10.1 Å². The number of hydrogen-bond acceptors (Lipinski definition) is 5. The quantitative estimate of drug-likeness (QED) is 0.598. The molecule has 142 valence electrons. The van der Waals surface area contributed by atoms with E-state index in [1.165, 1.54) is 17.7 Å². The van der Waals surface area contributed by atoms with Gasteiger partial charge in [-0.25, -0.2) is 0 Å². The van der Waals surface area contributed by atoms with E-state index < -0.39 is 4.92 Å². The molecule has 1 amide bonds. The molecular weight excluding hydrogens is 346 g/mol. The molecule has 0 unspecified atom stereocenters. The van der Waals surface area contributed by atoms with E-state index in [4.69, 9.17) is 4.74 Å². The van der Waals surface area contributed by atoms with Crippen molar-refractivity contribution >= 4 is 11.6 Å². The van der Waals surface area contributed by atoms with Gasteiger partial charge in [0.25, 0.3) is 5.69 Å². The minimum Gasteiger partial charge on any atom is -0.379 e. The molecule has 0 spiro atoms. The van der Waals surface area contributed by atoms with E-state index in [2.05, 4.69) is 16.3 Å². The van der Waals surface area contributed by atoms with Crippen LogP contribution < -0.4 is 5.32 Å². The number of ether oxygens (including phenoxy) is 1. The summed E-state index contributed by atoms with van der Waals surface area (Å²) in [6, 6.07) is 14.2. The normalized spacial score (nSPS) is 14.7. The summed E-state index contributed by atoms with van der Waals surface area (Å²) in [6.07, 6.45) is 0.198. The Morgan fingerprint density at radius 3 is 2.41 bits per heavy atom. The summed E-state index contributed by atoms with van der Waals surface area (Å²) in [5, 5.41) is 13.6. The fourth-order valence-corrected chi connectivity index (χ4v) is 3.06. The van der Waals surface area contributed by atoms with Gasteiger partial charge in [0.15, 0.2) is 0 Å². The van der Waals surface area contributed by atoms with Crippen molar-refractivity contribution < 1.29 is 14.5 Å². The Balaban J connectivity index is 1.54. The number of benzene rings is 2. The van der Waals surface area contributed by atoms with E-state index in [1.807, 2.05) is 18.2 Å². The highest BCUT2D eigenvalue weighted by Gasteiger charge is 2.13. The maximum Gasteiger partial charge on any atom is 0.269 e. The molecule has 1 fully saturated rings. The average Bonchev–Trinajstić information content (AvgIpc) is 2.68. The lowest BCUT2D eigenvalue weighted by atomic mass is 10.1. The molecule has 7 nitrogen and oxygen atoms in total. The molecule has 0 radical (unpaired) electrons. The summed E-state index contributed by atoms with van der Waals surface area (Å²) in [5.74, 6) is -0.106. The molecule has 0 aromatic heterocycles. The average molecular weight is 369 g/mol.